The summed E-state index contributed by atoms with van der Waals surface area (Å²) in [7, 11) is 2.04. The zero-order chi connectivity index (χ0) is 11.9. The predicted octanol–water partition coefficient (Wildman–Crippen LogP) is 3.34. The molecule has 1 nitrogen and oxygen atoms in total. The molecule has 0 heterocycles. The van der Waals surface area contributed by atoms with Crippen molar-refractivity contribution in [2.24, 2.45) is 5.92 Å². The van der Waals surface area contributed by atoms with E-state index < -0.39 is 0 Å². The molecule has 2 unspecified atom stereocenters. The zero-order valence-electron chi connectivity index (χ0n) is 10.5. The van der Waals surface area contributed by atoms with Crippen molar-refractivity contribution in [1.29, 1.82) is 0 Å². The molecule has 2 aromatic rings. The first-order valence-electron chi connectivity index (χ1n) is 6.38. The first-order chi connectivity index (χ1) is 8.24. The second-order valence-electron chi connectivity index (χ2n) is 5.44. The highest BCUT2D eigenvalue weighted by Gasteiger charge is 2.50. The van der Waals surface area contributed by atoms with E-state index in [1.807, 2.05) is 7.05 Å². The van der Waals surface area contributed by atoms with Crippen molar-refractivity contribution >= 4 is 10.8 Å². The maximum absolute atomic E-state index is 3.29. The van der Waals surface area contributed by atoms with Crippen LogP contribution in [0.25, 0.3) is 10.8 Å². The minimum Gasteiger partial charge on any atom is -0.319 e. The van der Waals surface area contributed by atoms with Gasteiger partial charge in [0, 0.05) is 0 Å². The lowest BCUT2D eigenvalue weighted by Crippen LogP contribution is -2.15. The van der Waals surface area contributed by atoms with Crippen molar-refractivity contribution in [2.45, 2.75) is 18.8 Å². The molecule has 0 aromatic heterocycles. The topological polar surface area (TPSA) is 12.0 Å². The Hall–Kier alpha value is -1.34. The van der Waals surface area contributed by atoms with Crippen molar-refractivity contribution < 1.29 is 0 Å². The fourth-order valence-electron chi connectivity index (χ4n) is 2.89. The van der Waals surface area contributed by atoms with Gasteiger partial charge in [0.1, 0.15) is 0 Å². The van der Waals surface area contributed by atoms with Gasteiger partial charge in [-0.05, 0) is 47.7 Å². The minimum absolute atomic E-state index is 0.396. The molecular formula is C16H19N. The number of hydrogen-bond donors (Lipinski definition) is 1. The van der Waals surface area contributed by atoms with E-state index in [0.717, 1.165) is 12.5 Å². The summed E-state index contributed by atoms with van der Waals surface area (Å²) in [5, 5.41) is 5.99. The van der Waals surface area contributed by atoms with Gasteiger partial charge < -0.3 is 5.32 Å². The molecule has 0 saturated heterocycles. The zero-order valence-corrected chi connectivity index (χ0v) is 10.5. The summed E-state index contributed by atoms with van der Waals surface area (Å²) in [6.45, 7) is 3.52. The third-order valence-corrected chi connectivity index (χ3v) is 4.27. The summed E-state index contributed by atoms with van der Waals surface area (Å²) in [5.74, 6) is 0.800. The molecular weight excluding hydrogens is 206 g/mol. The van der Waals surface area contributed by atoms with E-state index in [9.17, 15) is 0 Å². The first kappa shape index (κ1) is 10.8. The van der Waals surface area contributed by atoms with Crippen molar-refractivity contribution in [3.8, 4) is 0 Å². The predicted molar refractivity (Wildman–Crippen MR) is 73.3 cm³/mol. The highest BCUT2D eigenvalue weighted by atomic mass is 14.8. The van der Waals surface area contributed by atoms with Crippen LogP contribution in [-0.2, 0) is 5.41 Å². The van der Waals surface area contributed by atoms with Gasteiger partial charge in [0.2, 0.25) is 0 Å². The van der Waals surface area contributed by atoms with Gasteiger partial charge in [-0.3, -0.25) is 0 Å². The molecule has 1 saturated carbocycles. The molecule has 0 amide bonds. The molecule has 1 fully saturated rings. The van der Waals surface area contributed by atoms with Gasteiger partial charge >= 0.3 is 0 Å². The number of nitrogens with one attached hydrogen (secondary N) is 1. The van der Waals surface area contributed by atoms with Crippen molar-refractivity contribution in [3.63, 3.8) is 0 Å². The third-order valence-electron chi connectivity index (χ3n) is 4.27. The Bertz CT molecular complexity index is 546. The van der Waals surface area contributed by atoms with Crippen LogP contribution in [0.1, 0.15) is 18.9 Å². The van der Waals surface area contributed by atoms with E-state index in [-0.39, 0.29) is 0 Å². The van der Waals surface area contributed by atoms with Crippen LogP contribution in [0.5, 0.6) is 0 Å². The Labute approximate surface area is 103 Å². The molecule has 1 N–H and O–H groups in total. The van der Waals surface area contributed by atoms with Crippen LogP contribution in [0.4, 0.5) is 0 Å². The summed E-state index contributed by atoms with van der Waals surface area (Å²) >= 11 is 0. The molecule has 88 valence electrons. The largest absolute Gasteiger partial charge is 0.319 e. The molecule has 1 aliphatic carbocycles. The standard InChI is InChI=1S/C16H19N/c1-16(10-15(16)11-17-2)14-8-7-12-5-3-4-6-13(12)9-14/h3-9,15,17H,10-11H2,1-2H3. The van der Waals surface area contributed by atoms with Gasteiger partial charge in [-0.25, -0.2) is 0 Å². The highest BCUT2D eigenvalue weighted by Crippen LogP contribution is 2.53. The van der Waals surface area contributed by atoms with Gasteiger partial charge in [0.25, 0.3) is 0 Å². The average Bonchev–Trinajstić information content (AvgIpc) is 3.01. The fraction of sp³-hybridized carbons (Fsp3) is 0.375. The van der Waals surface area contributed by atoms with E-state index in [1.165, 1.54) is 22.8 Å². The van der Waals surface area contributed by atoms with Crippen LogP contribution < -0.4 is 5.32 Å². The van der Waals surface area contributed by atoms with Gasteiger partial charge in [0.15, 0.2) is 0 Å². The highest BCUT2D eigenvalue weighted by molar-refractivity contribution is 5.83. The van der Waals surface area contributed by atoms with Crippen molar-refractivity contribution in [2.75, 3.05) is 13.6 Å². The Kier molecular flexibility index (Phi) is 2.44. The maximum Gasteiger partial charge on any atom is -0.00148 e. The van der Waals surface area contributed by atoms with Crippen LogP contribution >= 0.6 is 0 Å². The Morgan fingerprint density at radius 2 is 1.94 bits per heavy atom. The van der Waals surface area contributed by atoms with Crippen molar-refractivity contribution in [3.05, 3.63) is 48.0 Å². The molecule has 1 aliphatic rings. The summed E-state index contributed by atoms with van der Waals surface area (Å²) in [5.41, 5.74) is 1.89. The molecule has 0 radical (unpaired) electrons. The Morgan fingerprint density at radius 3 is 2.71 bits per heavy atom. The van der Waals surface area contributed by atoms with Gasteiger partial charge in [-0.15, -0.1) is 0 Å². The van der Waals surface area contributed by atoms with Crippen LogP contribution in [0.15, 0.2) is 42.5 Å². The number of hydrogen-bond acceptors (Lipinski definition) is 1. The number of benzene rings is 2. The van der Waals surface area contributed by atoms with E-state index in [2.05, 4.69) is 54.7 Å². The van der Waals surface area contributed by atoms with E-state index >= 15 is 0 Å². The molecule has 1 heteroatoms. The molecule has 2 aromatic carbocycles. The minimum atomic E-state index is 0.396. The second kappa shape index (κ2) is 3.85. The van der Waals surface area contributed by atoms with Crippen molar-refractivity contribution in [1.82, 2.24) is 5.32 Å². The smallest absolute Gasteiger partial charge is 0.00148 e. The van der Waals surface area contributed by atoms with E-state index in [1.54, 1.807) is 0 Å². The lowest BCUT2D eigenvalue weighted by atomic mass is 9.93. The van der Waals surface area contributed by atoms with E-state index in [4.69, 9.17) is 0 Å². The Balaban J connectivity index is 1.97. The lowest BCUT2D eigenvalue weighted by molar-refractivity contribution is 0.618. The first-order valence-corrected chi connectivity index (χ1v) is 6.38. The van der Waals surface area contributed by atoms with Crippen LogP contribution in [0.3, 0.4) is 0 Å². The van der Waals surface area contributed by atoms with Crippen LogP contribution in [-0.4, -0.2) is 13.6 Å². The molecule has 0 spiro atoms. The summed E-state index contributed by atoms with van der Waals surface area (Å²) in [6.07, 6.45) is 1.31. The SMILES string of the molecule is CNCC1CC1(C)c1ccc2ccccc2c1. The van der Waals surface area contributed by atoms with Gasteiger partial charge in [-0.1, -0.05) is 49.4 Å². The Morgan fingerprint density at radius 1 is 1.18 bits per heavy atom. The number of rotatable bonds is 3. The molecule has 0 bridgehead atoms. The third kappa shape index (κ3) is 1.75. The lowest BCUT2D eigenvalue weighted by Gasteiger charge is -2.13. The molecule has 0 aliphatic heterocycles. The molecule has 17 heavy (non-hydrogen) atoms. The quantitative estimate of drug-likeness (QED) is 0.844. The second-order valence-corrected chi connectivity index (χ2v) is 5.44. The maximum atomic E-state index is 3.29. The van der Waals surface area contributed by atoms with Gasteiger partial charge in [0.05, 0.1) is 0 Å². The van der Waals surface area contributed by atoms with Crippen LogP contribution in [0.2, 0.25) is 0 Å². The average molecular weight is 225 g/mol. The molecule has 2 atom stereocenters. The summed E-state index contributed by atoms with van der Waals surface area (Å²) in [4.78, 5) is 0. The molecule has 3 rings (SSSR count). The summed E-state index contributed by atoms with van der Waals surface area (Å²) < 4.78 is 0. The monoisotopic (exact) mass is 225 g/mol. The summed E-state index contributed by atoms with van der Waals surface area (Å²) in [6, 6.07) is 15.5. The van der Waals surface area contributed by atoms with Gasteiger partial charge in [-0.2, -0.15) is 0 Å². The fourth-order valence-corrected chi connectivity index (χ4v) is 2.89. The van der Waals surface area contributed by atoms with Crippen LogP contribution in [0, 0.1) is 5.92 Å². The normalized spacial score (nSPS) is 27.3. The van der Waals surface area contributed by atoms with E-state index in [0.29, 0.717) is 5.41 Å². The number of fused-ring (bicyclic) bond motifs is 1.